The number of carbonyl (C=O) groups is 1. The number of likely N-dealkylation sites (tertiary alicyclic amines) is 1. The van der Waals surface area contributed by atoms with Crippen LogP contribution in [0.3, 0.4) is 0 Å². The maximum absolute atomic E-state index is 14.2. The number of sulfone groups is 1. The zero-order chi connectivity index (χ0) is 38.7. The van der Waals surface area contributed by atoms with Crippen molar-refractivity contribution in [3.63, 3.8) is 0 Å². The Bertz CT molecular complexity index is 2000. The second-order valence-corrected chi connectivity index (χ2v) is 18.2. The van der Waals surface area contributed by atoms with Gasteiger partial charge in [-0.15, -0.1) is 22.0 Å². The molecular weight excluding hydrogens is 774 g/mol. The van der Waals surface area contributed by atoms with E-state index in [0.717, 1.165) is 23.4 Å². The molecule has 3 aromatic rings. The van der Waals surface area contributed by atoms with Crippen LogP contribution in [0.25, 0.3) is 0 Å². The second-order valence-electron chi connectivity index (χ2n) is 13.3. The maximum Gasteiger partial charge on any atom is 0.501 e. The van der Waals surface area contributed by atoms with Gasteiger partial charge >= 0.3 is 11.6 Å². The monoisotopic (exact) mass is 816 g/mol. The highest BCUT2D eigenvalue weighted by molar-refractivity contribution is 8.00. The summed E-state index contributed by atoms with van der Waals surface area (Å²) in [5, 5.41) is 17.0. The number of halogens is 3. The van der Waals surface area contributed by atoms with Crippen LogP contribution in [0, 0.1) is 0 Å². The lowest BCUT2D eigenvalue weighted by atomic mass is 10.1. The van der Waals surface area contributed by atoms with Gasteiger partial charge in [0.1, 0.15) is 10.7 Å². The number of benzene rings is 2. The predicted molar refractivity (Wildman–Crippen MR) is 195 cm³/mol. The molecule has 296 valence electrons. The number of nitrogens with zero attached hydrogens (tertiary/aromatic N) is 7. The normalized spacial score (nSPS) is 19.9. The number of sulfonamides is 1. The van der Waals surface area contributed by atoms with Crippen LogP contribution in [0.5, 0.6) is 0 Å². The van der Waals surface area contributed by atoms with Gasteiger partial charge in [-0.25, -0.2) is 26.4 Å². The van der Waals surface area contributed by atoms with Gasteiger partial charge < -0.3 is 19.6 Å². The summed E-state index contributed by atoms with van der Waals surface area (Å²) in [6.45, 7) is 5.01. The molecular formula is C33H43F3N8O7S3. The van der Waals surface area contributed by atoms with E-state index in [0.29, 0.717) is 96.7 Å². The molecule has 2 saturated heterocycles. The molecule has 15 nitrogen and oxygen atoms in total. The van der Waals surface area contributed by atoms with Gasteiger partial charge in [-0.05, 0) is 56.0 Å². The third-order valence-corrected chi connectivity index (χ3v) is 14.2. The first kappa shape index (κ1) is 40.0. The summed E-state index contributed by atoms with van der Waals surface area (Å²) in [7, 11) is -9.18. The topological polar surface area (TPSA) is 171 Å². The van der Waals surface area contributed by atoms with Crippen LogP contribution in [0.2, 0.25) is 0 Å². The van der Waals surface area contributed by atoms with Crippen LogP contribution >= 0.6 is 11.8 Å². The molecule has 21 heteroatoms. The van der Waals surface area contributed by atoms with E-state index in [1.54, 1.807) is 4.57 Å². The minimum Gasteiger partial charge on any atom is -0.465 e. The Morgan fingerprint density at radius 1 is 1.02 bits per heavy atom. The van der Waals surface area contributed by atoms with Gasteiger partial charge in [0.05, 0.1) is 35.7 Å². The van der Waals surface area contributed by atoms with Gasteiger partial charge in [-0.2, -0.15) is 13.2 Å². The third kappa shape index (κ3) is 9.07. The second kappa shape index (κ2) is 16.6. The zero-order valence-corrected chi connectivity index (χ0v) is 32.0. The lowest BCUT2D eigenvalue weighted by Gasteiger charge is -2.34. The standard InChI is InChI=1S/C33H43F3N8O7S3/c1-40(30(52-25-7-3-2-4-8-25)12-14-41-18-20-51-21-19-41)27-10-9-26(22-28(27)53(47,48)33(34,35)36)54(49,50)39-31-38-37-29-23-43(16-17-44(29)31)24-6-5-13-42(15-11-24)32(45)46/h2-4,7-10,22,24,30H,5-6,11-21,23H2,1H3,(H,38,39)(H,45,46)/t24?,30-/m1/s1. The summed E-state index contributed by atoms with van der Waals surface area (Å²) < 4.78 is 106. The first-order valence-corrected chi connectivity index (χ1v) is 21.4. The van der Waals surface area contributed by atoms with Crippen LogP contribution in [-0.4, -0.2) is 134 Å². The molecule has 2 fully saturated rings. The fraction of sp³-hybridized carbons (Fsp3) is 0.545. The lowest BCUT2D eigenvalue weighted by Crippen LogP contribution is -2.42. The Labute approximate surface area is 316 Å². The highest BCUT2D eigenvalue weighted by atomic mass is 32.2. The SMILES string of the molecule is CN(c1ccc(S(=O)(=O)Nc2nnc3n2CCN(C2CCCN(C(=O)O)CC2)C3)cc1S(=O)(=O)C(F)(F)F)[C@@H](CCN1CCOCC1)Sc1ccccc1. The molecule has 4 heterocycles. The van der Waals surface area contributed by atoms with Gasteiger partial charge in [-0.3, -0.25) is 14.4 Å². The summed E-state index contributed by atoms with van der Waals surface area (Å²) in [5.74, 6) is 0.293. The fourth-order valence-electron chi connectivity index (χ4n) is 6.93. The number of hydrogen-bond acceptors (Lipinski definition) is 12. The van der Waals surface area contributed by atoms with Gasteiger partial charge in [0.2, 0.25) is 5.95 Å². The summed E-state index contributed by atoms with van der Waals surface area (Å²) in [5.41, 5.74) is -6.01. The van der Waals surface area contributed by atoms with E-state index < -0.39 is 46.6 Å². The Balaban J connectivity index is 1.25. The van der Waals surface area contributed by atoms with Crippen LogP contribution < -0.4 is 9.62 Å². The summed E-state index contributed by atoms with van der Waals surface area (Å²) in [4.78, 5) is 17.5. The lowest BCUT2D eigenvalue weighted by molar-refractivity contribution is -0.0436. The van der Waals surface area contributed by atoms with E-state index in [1.807, 2.05) is 30.3 Å². The number of nitrogens with one attached hydrogen (secondary N) is 1. The van der Waals surface area contributed by atoms with E-state index in [-0.39, 0.29) is 17.7 Å². The van der Waals surface area contributed by atoms with Crippen molar-refractivity contribution in [1.82, 2.24) is 29.5 Å². The number of ether oxygens (including phenoxy) is 1. The van der Waals surface area contributed by atoms with E-state index in [9.17, 15) is 39.9 Å². The Kier molecular flexibility index (Phi) is 12.3. The number of thioether (sulfide) groups is 1. The molecule has 0 bridgehead atoms. The van der Waals surface area contributed by atoms with E-state index in [1.165, 1.54) is 28.6 Å². The maximum atomic E-state index is 14.2. The molecule has 1 aromatic heterocycles. The van der Waals surface area contributed by atoms with Crippen molar-refractivity contribution >= 4 is 49.4 Å². The van der Waals surface area contributed by atoms with Crippen molar-refractivity contribution in [3.8, 4) is 0 Å². The zero-order valence-electron chi connectivity index (χ0n) is 29.6. The van der Waals surface area contributed by atoms with Crippen molar-refractivity contribution < 1.29 is 44.6 Å². The average Bonchev–Trinajstić information content (AvgIpc) is 3.36. The van der Waals surface area contributed by atoms with Crippen molar-refractivity contribution in [1.29, 1.82) is 0 Å². The first-order chi connectivity index (χ1) is 25.6. The number of hydrogen-bond donors (Lipinski definition) is 2. The molecule has 3 aliphatic rings. The van der Waals surface area contributed by atoms with Crippen molar-refractivity contribution in [2.75, 3.05) is 69.2 Å². The quantitative estimate of drug-likeness (QED) is 0.199. The third-order valence-electron chi connectivity index (χ3n) is 9.95. The summed E-state index contributed by atoms with van der Waals surface area (Å²) in [6.07, 6.45) is 1.60. The van der Waals surface area contributed by atoms with E-state index in [4.69, 9.17) is 4.74 Å². The smallest absolute Gasteiger partial charge is 0.465 e. The number of carboxylic acid groups (broad SMARTS) is 1. The van der Waals surface area contributed by atoms with Gasteiger partial charge in [0, 0.05) is 63.8 Å². The van der Waals surface area contributed by atoms with Crippen LogP contribution in [-0.2, 0) is 37.7 Å². The minimum atomic E-state index is -6.03. The molecule has 2 atom stereocenters. The van der Waals surface area contributed by atoms with Crippen molar-refractivity contribution in [2.45, 2.75) is 70.4 Å². The van der Waals surface area contributed by atoms with Crippen molar-refractivity contribution in [3.05, 3.63) is 54.4 Å². The number of alkyl halides is 3. The molecule has 0 radical (unpaired) electrons. The van der Waals surface area contributed by atoms with Gasteiger partial charge in [0.15, 0.2) is 0 Å². The largest absolute Gasteiger partial charge is 0.501 e. The number of morpholine rings is 1. The first-order valence-electron chi connectivity index (χ1n) is 17.5. The van der Waals surface area contributed by atoms with Gasteiger partial charge in [-0.1, -0.05) is 18.2 Å². The highest BCUT2D eigenvalue weighted by Gasteiger charge is 2.49. The average molecular weight is 817 g/mol. The van der Waals surface area contributed by atoms with Gasteiger partial charge in [0.25, 0.3) is 19.9 Å². The minimum absolute atomic E-state index is 0.0932. The number of rotatable bonds is 12. The molecule has 1 amide bonds. The molecule has 1 unspecified atom stereocenters. The number of fused-ring (bicyclic) bond motifs is 1. The molecule has 0 saturated carbocycles. The summed E-state index contributed by atoms with van der Waals surface area (Å²) in [6, 6.07) is 12.0. The molecule has 2 N–H and O–H groups in total. The van der Waals surface area contributed by atoms with E-state index >= 15 is 0 Å². The summed E-state index contributed by atoms with van der Waals surface area (Å²) >= 11 is 1.36. The molecule has 54 heavy (non-hydrogen) atoms. The highest BCUT2D eigenvalue weighted by Crippen LogP contribution is 2.40. The fourth-order valence-corrected chi connectivity index (χ4v) is 10.2. The molecule has 0 aliphatic carbocycles. The Morgan fingerprint density at radius 2 is 1.76 bits per heavy atom. The Morgan fingerprint density at radius 3 is 2.46 bits per heavy atom. The van der Waals surface area contributed by atoms with Crippen LogP contribution in [0.1, 0.15) is 31.5 Å². The van der Waals surface area contributed by atoms with Crippen LogP contribution in [0.4, 0.5) is 29.6 Å². The number of anilines is 2. The van der Waals surface area contributed by atoms with Crippen LogP contribution in [0.15, 0.2) is 63.2 Å². The Hall–Kier alpha value is -3.63. The van der Waals surface area contributed by atoms with Crippen molar-refractivity contribution in [2.24, 2.45) is 0 Å². The number of aromatic nitrogens is 3. The molecule has 2 aromatic carbocycles. The molecule has 0 spiro atoms. The predicted octanol–water partition coefficient (Wildman–Crippen LogP) is 4.00. The molecule has 3 aliphatic heterocycles. The van der Waals surface area contributed by atoms with E-state index in [2.05, 4.69) is 24.7 Å². The molecule has 6 rings (SSSR count). The number of amides is 1.